The topological polar surface area (TPSA) is 137 Å². The molecule has 1 aromatic rings. The summed E-state index contributed by atoms with van der Waals surface area (Å²) in [6, 6.07) is 7.00. The highest BCUT2D eigenvalue weighted by molar-refractivity contribution is 5.89. The minimum atomic E-state index is -1.68. The first kappa shape index (κ1) is 18.4. The van der Waals surface area contributed by atoms with Crippen LogP contribution in [0, 0.1) is 6.92 Å². The molecule has 5 atom stereocenters. The Morgan fingerprint density at radius 2 is 1.96 bits per heavy atom. The molecular formula is C16H20O8. The predicted octanol–water partition coefficient (Wildman–Crippen LogP) is -0.763. The molecular weight excluding hydrogens is 320 g/mol. The molecule has 1 fully saturated rings. The number of benzene rings is 1. The van der Waals surface area contributed by atoms with Crippen LogP contribution in [0.15, 0.2) is 30.0 Å². The van der Waals surface area contributed by atoms with E-state index >= 15 is 0 Å². The average molecular weight is 340 g/mol. The number of aliphatic carboxylic acids is 1. The molecule has 0 amide bonds. The molecule has 0 radical (unpaired) electrons. The van der Waals surface area contributed by atoms with Crippen molar-refractivity contribution in [1.29, 1.82) is 0 Å². The molecule has 1 aromatic carbocycles. The minimum absolute atomic E-state index is 0.509. The van der Waals surface area contributed by atoms with Gasteiger partial charge in [-0.1, -0.05) is 29.8 Å². The van der Waals surface area contributed by atoms with Crippen LogP contribution in [0.2, 0.25) is 0 Å². The maximum Gasteiger partial charge on any atom is 0.371 e. The molecule has 0 saturated carbocycles. The first-order valence-corrected chi connectivity index (χ1v) is 7.32. The summed E-state index contributed by atoms with van der Waals surface area (Å²) >= 11 is 0. The number of rotatable bonds is 5. The van der Waals surface area contributed by atoms with Gasteiger partial charge in [-0.15, -0.1) is 0 Å². The quantitative estimate of drug-likeness (QED) is 0.348. The average Bonchev–Trinajstić information content (AvgIpc) is 2.54. The van der Waals surface area contributed by atoms with Crippen LogP contribution in [0.5, 0.6) is 0 Å². The first-order chi connectivity index (χ1) is 11.3. The lowest BCUT2D eigenvalue weighted by Gasteiger charge is -2.39. The molecule has 132 valence electrons. The number of aliphatic hydroxyl groups excluding tert-OH is 4. The number of carbonyl (C=O) groups is 1. The maximum absolute atomic E-state index is 11.4. The van der Waals surface area contributed by atoms with Crippen molar-refractivity contribution >= 4 is 12.0 Å². The van der Waals surface area contributed by atoms with Crippen LogP contribution in [0.4, 0.5) is 0 Å². The summed E-state index contributed by atoms with van der Waals surface area (Å²) in [6.07, 6.45) is -6.34. The van der Waals surface area contributed by atoms with E-state index in [1.54, 1.807) is 18.2 Å². The number of ether oxygens (including phenoxy) is 2. The Kier molecular flexibility index (Phi) is 5.92. The van der Waals surface area contributed by atoms with E-state index in [1.165, 1.54) is 6.08 Å². The van der Waals surface area contributed by atoms with Gasteiger partial charge < -0.3 is 35.0 Å². The van der Waals surface area contributed by atoms with Crippen molar-refractivity contribution in [3.63, 3.8) is 0 Å². The summed E-state index contributed by atoms with van der Waals surface area (Å²) in [5.41, 5.74) is 1.48. The molecule has 8 nitrogen and oxygen atoms in total. The summed E-state index contributed by atoms with van der Waals surface area (Å²) in [7, 11) is 0. The van der Waals surface area contributed by atoms with E-state index in [2.05, 4.69) is 0 Å². The number of carboxylic acids is 1. The smallest absolute Gasteiger partial charge is 0.371 e. The molecule has 5 N–H and O–H groups in total. The zero-order valence-electron chi connectivity index (χ0n) is 12.9. The maximum atomic E-state index is 11.4. The van der Waals surface area contributed by atoms with Crippen LogP contribution in [0.1, 0.15) is 11.1 Å². The van der Waals surface area contributed by atoms with Crippen molar-refractivity contribution in [2.45, 2.75) is 37.6 Å². The van der Waals surface area contributed by atoms with Gasteiger partial charge in [0.05, 0.1) is 6.61 Å². The van der Waals surface area contributed by atoms with E-state index in [0.717, 1.165) is 5.56 Å². The fourth-order valence-corrected chi connectivity index (χ4v) is 2.35. The summed E-state index contributed by atoms with van der Waals surface area (Å²) in [5, 5.41) is 47.7. The van der Waals surface area contributed by atoms with Crippen molar-refractivity contribution in [1.82, 2.24) is 0 Å². The molecule has 0 spiro atoms. The van der Waals surface area contributed by atoms with Gasteiger partial charge in [0.1, 0.15) is 24.4 Å². The Morgan fingerprint density at radius 1 is 1.25 bits per heavy atom. The standard InChI is InChI=1S/C16H20O8/c1-8-3-2-4-9(5-8)6-10(15(21)22)23-16-14(20)13(19)12(18)11(7-17)24-16/h2-6,11-14,16-20H,7H2,1H3,(H,21,22). The monoisotopic (exact) mass is 340 g/mol. The molecule has 0 aliphatic carbocycles. The van der Waals surface area contributed by atoms with Crippen molar-refractivity contribution in [2.75, 3.05) is 6.61 Å². The third-order valence-corrected chi connectivity index (χ3v) is 3.64. The van der Waals surface area contributed by atoms with Gasteiger partial charge in [-0.25, -0.2) is 4.79 Å². The Hall–Kier alpha value is -1.97. The Bertz CT molecular complexity index is 612. The molecule has 1 saturated heterocycles. The van der Waals surface area contributed by atoms with Crippen LogP contribution >= 0.6 is 0 Å². The van der Waals surface area contributed by atoms with E-state index in [9.17, 15) is 25.2 Å². The lowest BCUT2D eigenvalue weighted by molar-refractivity contribution is -0.291. The molecule has 5 unspecified atom stereocenters. The fourth-order valence-electron chi connectivity index (χ4n) is 2.35. The van der Waals surface area contributed by atoms with E-state index in [4.69, 9.17) is 14.6 Å². The van der Waals surface area contributed by atoms with E-state index in [-0.39, 0.29) is 0 Å². The van der Waals surface area contributed by atoms with Gasteiger partial charge >= 0.3 is 5.97 Å². The van der Waals surface area contributed by atoms with Crippen molar-refractivity contribution in [3.05, 3.63) is 41.2 Å². The van der Waals surface area contributed by atoms with E-state index < -0.39 is 49.0 Å². The van der Waals surface area contributed by atoms with Crippen LogP contribution in [-0.2, 0) is 14.3 Å². The Labute approximate surface area is 138 Å². The fraction of sp³-hybridized carbons (Fsp3) is 0.438. The number of carboxylic acid groups (broad SMARTS) is 1. The van der Waals surface area contributed by atoms with Gasteiger partial charge in [0.15, 0.2) is 0 Å². The van der Waals surface area contributed by atoms with Crippen LogP contribution in [-0.4, -0.2) is 68.8 Å². The van der Waals surface area contributed by atoms with Gasteiger partial charge in [-0.3, -0.25) is 0 Å². The molecule has 0 bridgehead atoms. The van der Waals surface area contributed by atoms with Crippen molar-refractivity contribution < 1.29 is 39.8 Å². The van der Waals surface area contributed by atoms with Crippen molar-refractivity contribution in [2.24, 2.45) is 0 Å². The molecule has 1 aliphatic heterocycles. The van der Waals surface area contributed by atoms with Gasteiger partial charge in [-0.05, 0) is 18.6 Å². The number of aryl methyl sites for hydroxylation is 1. The Morgan fingerprint density at radius 3 is 2.54 bits per heavy atom. The molecule has 8 heteroatoms. The molecule has 2 rings (SSSR count). The SMILES string of the molecule is Cc1cccc(C=C(OC2OC(CO)C(O)C(O)C2O)C(=O)O)c1. The number of hydrogen-bond acceptors (Lipinski definition) is 7. The lowest BCUT2D eigenvalue weighted by Crippen LogP contribution is -2.59. The second-order valence-corrected chi connectivity index (χ2v) is 5.54. The first-order valence-electron chi connectivity index (χ1n) is 7.32. The zero-order chi connectivity index (χ0) is 17.9. The number of aliphatic hydroxyl groups is 4. The van der Waals surface area contributed by atoms with E-state index in [1.807, 2.05) is 13.0 Å². The molecule has 24 heavy (non-hydrogen) atoms. The third kappa shape index (κ3) is 4.11. The van der Waals surface area contributed by atoms with E-state index in [0.29, 0.717) is 5.56 Å². The summed E-state index contributed by atoms with van der Waals surface area (Å²) in [6.45, 7) is 1.21. The second kappa shape index (κ2) is 7.73. The largest absolute Gasteiger partial charge is 0.475 e. The van der Waals surface area contributed by atoms with Gasteiger partial charge in [0.2, 0.25) is 12.0 Å². The highest BCUT2D eigenvalue weighted by Crippen LogP contribution is 2.24. The Balaban J connectivity index is 2.22. The van der Waals surface area contributed by atoms with Crippen molar-refractivity contribution in [3.8, 4) is 0 Å². The summed E-state index contributed by atoms with van der Waals surface area (Å²) in [5.74, 6) is -1.90. The van der Waals surface area contributed by atoms with Crippen LogP contribution in [0.3, 0.4) is 0 Å². The number of hydrogen-bond donors (Lipinski definition) is 5. The zero-order valence-corrected chi connectivity index (χ0v) is 12.9. The second-order valence-electron chi connectivity index (χ2n) is 5.54. The summed E-state index contributed by atoms with van der Waals surface area (Å²) in [4.78, 5) is 11.4. The third-order valence-electron chi connectivity index (χ3n) is 3.64. The lowest BCUT2D eigenvalue weighted by atomic mass is 9.99. The highest BCUT2D eigenvalue weighted by atomic mass is 16.7. The molecule has 0 aromatic heterocycles. The minimum Gasteiger partial charge on any atom is -0.475 e. The molecule has 1 aliphatic rings. The van der Waals surface area contributed by atoms with Crippen LogP contribution in [0.25, 0.3) is 6.08 Å². The normalized spacial score (nSPS) is 30.9. The van der Waals surface area contributed by atoms with Gasteiger partial charge in [-0.2, -0.15) is 0 Å². The van der Waals surface area contributed by atoms with Gasteiger partial charge in [0, 0.05) is 0 Å². The van der Waals surface area contributed by atoms with Gasteiger partial charge in [0.25, 0.3) is 0 Å². The predicted molar refractivity (Wildman–Crippen MR) is 81.6 cm³/mol. The summed E-state index contributed by atoms with van der Waals surface area (Å²) < 4.78 is 10.3. The van der Waals surface area contributed by atoms with Crippen LogP contribution < -0.4 is 0 Å². The molecule has 1 heterocycles. The highest BCUT2D eigenvalue weighted by Gasteiger charge is 2.45.